The number of benzene rings is 1. The van der Waals surface area contributed by atoms with Crippen molar-refractivity contribution in [1.82, 2.24) is 25.3 Å². The third kappa shape index (κ3) is 3.85. The Kier molecular flexibility index (Phi) is 5.41. The molecule has 0 radical (unpaired) electrons. The summed E-state index contributed by atoms with van der Waals surface area (Å²) in [5.74, 6) is 0.872. The van der Waals surface area contributed by atoms with Crippen LogP contribution < -0.4 is 16.0 Å². The molecule has 0 aliphatic carbocycles. The van der Waals surface area contributed by atoms with Crippen LogP contribution in [0.15, 0.2) is 34.3 Å². The van der Waals surface area contributed by atoms with E-state index in [0.717, 1.165) is 83.8 Å². The molecule has 7 nitrogen and oxygen atoms in total. The first-order valence-electron chi connectivity index (χ1n) is 11.5. The van der Waals surface area contributed by atoms with E-state index >= 15 is 0 Å². The van der Waals surface area contributed by atoms with Crippen molar-refractivity contribution in [2.45, 2.75) is 48.8 Å². The standard InChI is InChI=1S/C24H26ClN7S/c1-2-17-21(25)20-22(29-17)30-24(31-23(20)32-8-6-15(26)12-32)33-16-4-3-13-9-14-11-27-7-5-18(14)28-19(13)10-16/h3-4,9-10,15,27H,2,5-8,11-12,26H2,1H3,(H,29,30,31)/t15-/m0/s1. The van der Waals surface area contributed by atoms with Gasteiger partial charge in [0.1, 0.15) is 11.5 Å². The van der Waals surface area contributed by atoms with Crippen LogP contribution in [0.25, 0.3) is 21.9 Å². The Bertz CT molecular complexity index is 1370. The Labute approximate surface area is 201 Å². The van der Waals surface area contributed by atoms with Crippen molar-refractivity contribution in [2.75, 3.05) is 24.5 Å². The zero-order valence-corrected chi connectivity index (χ0v) is 20.1. The normalized spacial score (nSPS) is 18.4. The number of aromatic amines is 1. The smallest absolute Gasteiger partial charge is 0.196 e. The molecule has 1 fully saturated rings. The van der Waals surface area contributed by atoms with Gasteiger partial charge >= 0.3 is 0 Å². The van der Waals surface area contributed by atoms with Gasteiger partial charge in [-0.3, -0.25) is 4.98 Å². The van der Waals surface area contributed by atoms with Crippen LogP contribution in [0.2, 0.25) is 5.02 Å². The van der Waals surface area contributed by atoms with Crippen molar-refractivity contribution < 1.29 is 0 Å². The minimum atomic E-state index is 0.155. The first kappa shape index (κ1) is 21.2. The van der Waals surface area contributed by atoms with E-state index in [4.69, 9.17) is 32.3 Å². The molecule has 4 aromatic rings. The minimum Gasteiger partial charge on any atom is -0.354 e. The average Bonchev–Trinajstić information content (AvgIpc) is 3.40. The van der Waals surface area contributed by atoms with Crippen molar-refractivity contribution in [3.05, 3.63) is 46.2 Å². The number of fused-ring (bicyclic) bond motifs is 3. The molecule has 5 heterocycles. The number of pyridine rings is 1. The molecule has 6 rings (SSSR count). The average molecular weight is 480 g/mol. The lowest BCUT2D eigenvalue weighted by Gasteiger charge is -2.19. The third-order valence-electron chi connectivity index (χ3n) is 6.52. The third-order valence-corrected chi connectivity index (χ3v) is 7.79. The quantitative estimate of drug-likeness (QED) is 0.380. The zero-order chi connectivity index (χ0) is 22.5. The minimum absolute atomic E-state index is 0.155. The summed E-state index contributed by atoms with van der Waals surface area (Å²) in [7, 11) is 0. The molecular formula is C24H26ClN7S. The topological polar surface area (TPSA) is 95.8 Å². The summed E-state index contributed by atoms with van der Waals surface area (Å²) in [6, 6.07) is 8.81. The second-order valence-corrected chi connectivity index (χ2v) is 10.2. The van der Waals surface area contributed by atoms with Gasteiger partial charge < -0.3 is 20.9 Å². The molecule has 2 aliphatic rings. The molecule has 2 aliphatic heterocycles. The van der Waals surface area contributed by atoms with Gasteiger partial charge in [-0.25, -0.2) is 9.97 Å². The van der Waals surface area contributed by atoms with Crippen LogP contribution in [-0.2, 0) is 19.4 Å². The van der Waals surface area contributed by atoms with E-state index in [2.05, 4.69) is 46.4 Å². The van der Waals surface area contributed by atoms with Crippen molar-refractivity contribution in [1.29, 1.82) is 0 Å². The predicted octanol–water partition coefficient (Wildman–Crippen LogP) is 4.06. The van der Waals surface area contributed by atoms with E-state index < -0.39 is 0 Å². The highest BCUT2D eigenvalue weighted by molar-refractivity contribution is 7.99. The number of nitrogens with zero attached hydrogens (tertiary/aromatic N) is 4. The largest absolute Gasteiger partial charge is 0.354 e. The van der Waals surface area contributed by atoms with E-state index in [1.54, 1.807) is 11.8 Å². The van der Waals surface area contributed by atoms with E-state index in [0.29, 0.717) is 10.2 Å². The highest BCUT2D eigenvalue weighted by Crippen LogP contribution is 2.38. The summed E-state index contributed by atoms with van der Waals surface area (Å²) in [5, 5.41) is 6.89. The summed E-state index contributed by atoms with van der Waals surface area (Å²) in [6.07, 6.45) is 2.73. The Morgan fingerprint density at radius 1 is 1.24 bits per heavy atom. The molecule has 4 N–H and O–H groups in total. The van der Waals surface area contributed by atoms with Crippen LogP contribution in [0.4, 0.5) is 5.82 Å². The Morgan fingerprint density at radius 3 is 2.97 bits per heavy atom. The maximum Gasteiger partial charge on any atom is 0.196 e. The first-order chi connectivity index (χ1) is 16.1. The Balaban J connectivity index is 1.40. The SMILES string of the molecule is CCc1[nH]c2nc(Sc3ccc4cc5c(nc4c3)CCNC5)nc(N3CC[C@H](N)C3)c2c1Cl. The number of H-pyrrole nitrogens is 1. The molecule has 170 valence electrons. The summed E-state index contributed by atoms with van der Waals surface area (Å²) in [6.45, 7) is 5.61. The van der Waals surface area contributed by atoms with Gasteiger partial charge in [0.15, 0.2) is 5.16 Å². The van der Waals surface area contributed by atoms with Crippen LogP contribution in [0.3, 0.4) is 0 Å². The molecule has 33 heavy (non-hydrogen) atoms. The number of hydrogen-bond donors (Lipinski definition) is 3. The van der Waals surface area contributed by atoms with Gasteiger partial charge in [0.05, 0.1) is 15.9 Å². The number of hydrogen-bond acceptors (Lipinski definition) is 7. The number of anilines is 1. The van der Waals surface area contributed by atoms with Gasteiger partial charge in [0.2, 0.25) is 0 Å². The number of nitrogens with two attached hydrogens (primary N) is 1. The lowest BCUT2D eigenvalue weighted by molar-refractivity contribution is 0.633. The second-order valence-electron chi connectivity index (χ2n) is 8.80. The molecule has 0 unspecified atom stereocenters. The van der Waals surface area contributed by atoms with Crippen molar-refractivity contribution in [3.8, 4) is 0 Å². The molecule has 3 aromatic heterocycles. The zero-order valence-electron chi connectivity index (χ0n) is 18.5. The molecule has 1 aromatic carbocycles. The molecule has 0 bridgehead atoms. The van der Waals surface area contributed by atoms with E-state index in [9.17, 15) is 0 Å². The maximum absolute atomic E-state index is 6.72. The van der Waals surface area contributed by atoms with Gasteiger partial charge in [-0.1, -0.05) is 24.6 Å². The van der Waals surface area contributed by atoms with Crippen LogP contribution >= 0.6 is 23.4 Å². The maximum atomic E-state index is 6.72. The molecule has 0 spiro atoms. The summed E-state index contributed by atoms with van der Waals surface area (Å²) in [4.78, 5) is 21.4. The molecule has 1 atom stereocenters. The van der Waals surface area contributed by atoms with E-state index in [1.165, 1.54) is 11.3 Å². The highest BCUT2D eigenvalue weighted by Gasteiger charge is 2.26. The number of halogens is 1. The molecule has 0 amide bonds. The van der Waals surface area contributed by atoms with Crippen LogP contribution in [0.5, 0.6) is 0 Å². The predicted molar refractivity (Wildman–Crippen MR) is 134 cm³/mol. The summed E-state index contributed by atoms with van der Waals surface area (Å²) in [5.41, 5.74) is 11.5. The van der Waals surface area contributed by atoms with Gasteiger partial charge in [0, 0.05) is 60.3 Å². The molecule has 1 saturated heterocycles. The van der Waals surface area contributed by atoms with Gasteiger partial charge in [-0.2, -0.15) is 0 Å². The van der Waals surface area contributed by atoms with Gasteiger partial charge in [-0.05, 0) is 48.4 Å². The monoisotopic (exact) mass is 479 g/mol. The first-order valence-corrected chi connectivity index (χ1v) is 12.7. The van der Waals surface area contributed by atoms with Crippen molar-refractivity contribution >= 4 is 51.1 Å². The Hall–Kier alpha value is -2.39. The number of aryl methyl sites for hydroxylation is 1. The Morgan fingerprint density at radius 2 is 2.15 bits per heavy atom. The van der Waals surface area contributed by atoms with Gasteiger partial charge in [0.25, 0.3) is 0 Å². The molecule has 9 heteroatoms. The summed E-state index contributed by atoms with van der Waals surface area (Å²) < 4.78 is 0. The lowest BCUT2D eigenvalue weighted by Crippen LogP contribution is -2.27. The van der Waals surface area contributed by atoms with E-state index in [-0.39, 0.29) is 6.04 Å². The second kappa shape index (κ2) is 8.43. The van der Waals surface area contributed by atoms with Crippen molar-refractivity contribution in [2.24, 2.45) is 5.73 Å². The van der Waals surface area contributed by atoms with Gasteiger partial charge in [-0.15, -0.1) is 0 Å². The van der Waals surface area contributed by atoms with Crippen LogP contribution in [-0.4, -0.2) is 45.6 Å². The fraction of sp³-hybridized carbons (Fsp3) is 0.375. The fourth-order valence-corrected chi connectivity index (χ4v) is 5.91. The number of aromatic nitrogens is 4. The van der Waals surface area contributed by atoms with Crippen LogP contribution in [0, 0.1) is 0 Å². The highest BCUT2D eigenvalue weighted by atomic mass is 35.5. The van der Waals surface area contributed by atoms with Crippen molar-refractivity contribution in [3.63, 3.8) is 0 Å². The molecule has 0 saturated carbocycles. The lowest BCUT2D eigenvalue weighted by atomic mass is 10.0. The number of rotatable bonds is 4. The van der Waals surface area contributed by atoms with Crippen LogP contribution in [0.1, 0.15) is 30.3 Å². The molecular weight excluding hydrogens is 454 g/mol. The van der Waals surface area contributed by atoms with E-state index in [1.807, 2.05) is 0 Å². The fourth-order valence-electron chi connectivity index (χ4n) is 4.77. The number of nitrogens with one attached hydrogen (secondary N) is 2. The summed E-state index contributed by atoms with van der Waals surface area (Å²) >= 11 is 8.28.